The van der Waals surface area contributed by atoms with Crippen LogP contribution in [0.15, 0.2) is 36.4 Å². The minimum absolute atomic E-state index is 0.0889. The first-order valence-electron chi connectivity index (χ1n) is 9.71. The first kappa shape index (κ1) is 19.6. The molecule has 0 radical (unpaired) electrons. The Balaban J connectivity index is 1.38. The minimum atomic E-state index is -0.356. The van der Waals surface area contributed by atoms with E-state index in [4.69, 9.17) is 14.2 Å². The third-order valence-corrected chi connectivity index (χ3v) is 5.41. The van der Waals surface area contributed by atoms with Gasteiger partial charge in [-0.25, -0.2) is 0 Å². The summed E-state index contributed by atoms with van der Waals surface area (Å²) in [5.41, 5.74) is 2.96. The molecule has 1 fully saturated rings. The van der Waals surface area contributed by atoms with E-state index in [1.807, 2.05) is 12.1 Å². The molecule has 0 bridgehead atoms. The highest BCUT2D eigenvalue weighted by molar-refractivity contribution is 5.50. The fraction of sp³-hybridized carbons (Fsp3) is 0.429. The molecule has 0 aliphatic carbocycles. The molecule has 2 heterocycles. The topological polar surface area (TPSA) is 77.3 Å². The molecule has 0 unspecified atom stereocenters. The molecule has 2 aromatic carbocycles. The summed E-state index contributed by atoms with van der Waals surface area (Å²) in [5, 5.41) is 11.3. The molecule has 8 nitrogen and oxygen atoms in total. The van der Waals surface area contributed by atoms with E-state index in [2.05, 4.69) is 21.9 Å². The van der Waals surface area contributed by atoms with Crippen LogP contribution in [0.2, 0.25) is 0 Å². The molecule has 0 aromatic heterocycles. The van der Waals surface area contributed by atoms with E-state index >= 15 is 0 Å². The molecule has 0 saturated carbocycles. The van der Waals surface area contributed by atoms with Crippen LogP contribution in [0.25, 0.3) is 0 Å². The van der Waals surface area contributed by atoms with Crippen molar-refractivity contribution in [3.63, 3.8) is 0 Å². The number of piperazine rings is 1. The number of ether oxygens (including phenoxy) is 3. The molecule has 0 amide bonds. The molecule has 154 valence electrons. The highest BCUT2D eigenvalue weighted by Crippen LogP contribution is 2.33. The van der Waals surface area contributed by atoms with Gasteiger partial charge in [0.1, 0.15) is 11.5 Å². The number of hydrogen-bond donors (Lipinski definition) is 0. The second-order valence-electron chi connectivity index (χ2n) is 7.36. The quantitative estimate of drug-likeness (QED) is 0.546. The van der Waals surface area contributed by atoms with Gasteiger partial charge >= 0.3 is 0 Å². The molecule has 0 spiro atoms. The van der Waals surface area contributed by atoms with Crippen molar-refractivity contribution in [2.75, 3.05) is 40.1 Å². The molecule has 8 heteroatoms. The molecule has 1 saturated heterocycles. The number of nitro groups is 1. The van der Waals surface area contributed by atoms with Crippen molar-refractivity contribution in [3.8, 4) is 11.5 Å². The van der Waals surface area contributed by atoms with E-state index in [-0.39, 0.29) is 17.4 Å². The summed E-state index contributed by atoms with van der Waals surface area (Å²) in [7, 11) is 1.67. The van der Waals surface area contributed by atoms with E-state index in [1.165, 1.54) is 5.56 Å². The van der Waals surface area contributed by atoms with Gasteiger partial charge < -0.3 is 14.2 Å². The van der Waals surface area contributed by atoms with Gasteiger partial charge in [-0.05, 0) is 17.7 Å². The van der Waals surface area contributed by atoms with Crippen molar-refractivity contribution < 1.29 is 19.1 Å². The van der Waals surface area contributed by atoms with Crippen LogP contribution in [0.3, 0.4) is 0 Å². The first-order valence-corrected chi connectivity index (χ1v) is 9.71. The van der Waals surface area contributed by atoms with E-state index in [9.17, 15) is 10.1 Å². The fourth-order valence-corrected chi connectivity index (χ4v) is 3.84. The largest absolute Gasteiger partial charge is 0.497 e. The van der Waals surface area contributed by atoms with Crippen LogP contribution in [-0.2, 0) is 24.4 Å². The number of nitrogens with zero attached hydrogens (tertiary/aromatic N) is 3. The van der Waals surface area contributed by atoms with Crippen LogP contribution in [0.1, 0.15) is 16.7 Å². The summed E-state index contributed by atoms with van der Waals surface area (Å²) < 4.78 is 16.2. The number of benzene rings is 2. The monoisotopic (exact) mass is 399 g/mol. The summed E-state index contributed by atoms with van der Waals surface area (Å²) in [4.78, 5) is 15.7. The summed E-state index contributed by atoms with van der Waals surface area (Å²) in [6, 6.07) is 11.3. The zero-order chi connectivity index (χ0) is 20.2. The molecule has 0 atom stereocenters. The lowest BCUT2D eigenvalue weighted by Gasteiger charge is -2.35. The number of fused-ring (bicyclic) bond motifs is 1. The van der Waals surface area contributed by atoms with Crippen LogP contribution < -0.4 is 9.47 Å². The molecule has 4 rings (SSSR count). The van der Waals surface area contributed by atoms with Crippen LogP contribution in [0.4, 0.5) is 5.69 Å². The predicted molar refractivity (Wildman–Crippen MR) is 107 cm³/mol. The third-order valence-electron chi connectivity index (χ3n) is 5.41. The number of nitro benzene ring substituents is 1. The van der Waals surface area contributed by atoms with E-state index in [1.54, 1.807) is 19.2 Å². The van der Waals surface area contributed by atoms with Gasteiger partial charge in [-0.3, -0.25) is 19.9 Å². The van der Waals surface area contributed by atoms with Gasteiger partial charge in [0.05, 0.1) is 18.6 Å². The van der Waals surface area contributed by atoms with Crippen LogP contribution in [-0.4, -0.2) is 54.8 Å². The van der Waals surface area contributed by atoms with Crippen molar-refractivity contribution in [1.82, 2.24) is 9.80 Å². The van der Waals surface area contributed by atoms with Crippen LogP contribution >= 0.6 is 0 Å². The molecule has 2 aliphatic rings. The Bertz CT molecular complexity index is 863. The Hall–Kier alpha value is -2.68. The van der Waals surface area contributed by atoms with Gasteiger partial charge in [0.15, 0.2) is 6.79 Å². The number of rotatable bonds is 6. The fourth-order valence-electron chi connectivity index (χ4n) is 3.84. The minimum Gasteiger partial charge on any atom is -0.497 e. The van der Waals surface area contributed by atoms with Gasteiger partial charge in [0.2, 0.25) is 0 Å². The zero-order valence-corrected chi connectivity index (χ0v) is 16.5. The van der Waals surface area contributed by atoms with Gasteiger partial charge in [0.25, 0.3) is 5.69 Å². The SMILES string of the molecule is COc1ccc(CN2CCN(Cc3cc([N+](=O)[O-])cc4c3OCOC4)CC2)cc1. The van der Waals surface area contributed by atoms with Crippen LogP contribution in [0, 0.1) is 10.1 Å². The predicted octanol–water partition coefficient (Wildman–Crippen LogP) is 2.79. The Labute approximate surface area is 169 Å². The first-order chi connectivity index (χ1) is 14.1. The molecule has 0 N–H and O–H groups in total. The highest BCUT2D eigenvalue weighted by atomic mass is 16.7. The maximum absolute atomic E-state index is 11.3. The van der Waals surface area contributed by atoms with Gasteiger partial charge in [-0.1, -0.05) is 12.1 Å². The van der Waals surface area contributed by atoms with E-state index in [0.29, 0.717) is 13.2 Å². The van der Waals surface area contributed by atoms with Crippen molar-refractivity contribution in [3.05, 3.63) is 63.2 Å². The molecular weight excluding hydrogens is 374 g/mol. The Morgan fingerprint density at radius 1 is 1.07 bits per heavy atom. The molecule has 2 aromatic rings. The summed E-state index contributed by atoms with van der Waals surface area (Å²) in [6.07, 6.45) is 0. The third kappa shape index (κ3) is 4.67. The maximum atomic E-state index is 11.3. The summed E-state index contributed by atoms with van der Waals surface area (Å²) >= 11 is 0. The Morgan fingerprint density at radius 2 is 1.76 bits per heavy atom. The van der Waals surface area contributed by atoms with E-state index < -0.39 is 0 Å². The summed E-state index contributed by atoms with van der Waals surface area (Å²) in [5.74, 6) is 1.61. The normalized spacial score (nSPS) is 17.4. The lowest BCUT2D eigenvalue weighted by Crippen LogP contribution is -2.45. The average molecular weight is 399 g/mol. The standard InChI is InChI=1S/C21H25N3O5/c1-27-20-4-2-16(3-5-20)12-22-6-8-23(9-7-22)13-17-10-19(24(25)26)11-18-14-28-15-29-21(17)18/h2-5,10-11H,6-9,12-15H2,1H3. The molecular formula is C21H25N3O5. The average Bonchev–Trinajstić information content (AvgIpc) is 2.75. The highest BCUT2D eigenvalue weighted by Gasteiger charge is 2.24. The number of non-ortho nitro benzene ring substituents is 1. The number of methoxy groups -OCH3 is 1. The van der Waals surface area contributed by atoms with Gasteiger partial charge in [-0.2, -0.15) is 0 Å². The van der Waals surface area contributed by atoms with Crippen molar-refractivity contribution in [2.45, 2.75) is 19.7 Å². The van der Waals surface area contributed by atoms with Crippen molar-refractivity contribution in [2.24, 2.45) is 0 Å². The van der Waals surface area contributed by atoms with Crippen LogP contribution in [0.5, 0.6) is 11.5 Å². The smallest absolute Gasteiger partial charge is 0.270 e. The molecule has 29 heavy (non-hydrogen) atoms. The number of hydrogen-bond acceptors (Lipinski definition) is 7. The lowest BCUT2D eigenvalue weighted by atomic mass is 10.1. The Kier molecular flexibility index (Phi) is 5.94. The zero-order valence-electron chi connectivity index (χ0n) is 16.5. The van der Waals surface area contributed by atoms with Crippen molar-refractivity contribution in [1.29, 1.82) is 0 Å². The maximum Gasteiger partial charge on any atom is 0.270 e. The van der Waals surface area contributed by atoms with Gasteiger partial charge in [-0.15, -0.1) is 0 Å². The summed E-state index contributed by atoms with van der Waals surface area (Å²) in [6.45, 7) is 5.80. The van der Waals surface area contributed by atoms with Crippen molar-refractivity contribution >= 4 is 5.69 Å². The van der Waals surface area contributed by atoms with Gasteiger partial charge in [0, 0.05) is 62.5 Å². The van der Waals surface area contributed by atoms with E-state index in [0.717, 1.165) is 55.3 Å². The second-order valence-corrected chi connectivity index (χ2v) is 7.36. The molecule has 2 aliphatic heterocycles. The second kappa shape index (κ2) is 8.77. The lowest BCUT2D eigenvalue weighted by molar-refractivity contribution is -0.385. The Morgan fingerprint density at radius 3 is 2.41 bits per heavy atom.